The molecule has 9 heteroatoms. The van der Waals surface area contributed by atoms with Gasteiger partial charge in [-0.15, -0.1) is 0 Å². The third kappa shape index (κ3) is 3.63. The minimum atomic E-state index is -3.31. The second-order valence-corrected chi connectivity index (χ2v) is 8.29. The third-order valence-corrected chi connectivity index (χ3v) is 6.14. The van der Waals surface area contributed by atoms with Crippen LogP contribution in [0.5, 0.6) is 0 Å². The van der Waals surface area contributed by atoms with Crippen LogP contribution in [-0.2, 0) is 16.3 Å². The number of carbonyl (C=O) groups is 2. The molecule has 0 aromatic heterocycles. The molecule has 0 saturated heterocycles. The van der Waals surface area contributed by atoms with E-state index in [1.54, 1.807) is 18.2 Å². The van der Waals surface area contributed by atoms with Gasteiger partial charge in [-0.25, -0.2) is 13.2 Å². The maximum absolute atomic E-state index is 12.1. The highest BCUT2D eigenvalue weighted by atomic mass is 35.5. The Hall–Kier alpha value is -2.09. The van der Waals surface area contributed by atoms with Crippen molar-refractivity contribution in [3.05, 3.63) is 57.6 Å². The predicted molar refractivity (Wildman–Crippen MR) is 95.1 cm³/mol. The molecule has 0 saturated carbocycles. The number of halogens is 2. The van der Waals surface area contributed by atoms with Gasteiger partial charge in [0, 0.05) is 5.69 Å². The summed E-state index contributed by atoms with van der Waals surface area (Å²) in [5.74, 6) is -0.705. The molecule has 0 unspecified atom stereocenters. The van der Waals surface area contributed by atoms with E-state index in [2.05, 4.69) is 10.6 Å². The van der Waals surface area contributed by atoms with Crippen LogP contribution in [-0.4, -0.2) is 26.1 Å². The maximum Gasteiger partial charge on any atom is 0.326 e. The number of rotatable bonds is 2. The summed E-state index contributed by atoms with van der Waals surface area (Å²) >= 11 is 11.8. The smallest absolute Gasteiger partial charge is 0.308 e. The van der Waals surface area contributed by atoms with Crippen molar-refractivity contribution in [2.24, 2.45) is 0 Å². The van der Waals surface area contributed by atoms with Gasteiger partial charge >= 0.3 is 6.03 Å². The van der Waals surface area contributed by atoms with Crippen LogP contribution in [0.4, 0.5) is 10.5 Å². The Labute approximate surface area is 154 Å². The van der Waals surface area contributed by atoms with Crippen LogP contribution in [0.25, 0.3) is 0 Å². The van der Waals surface area contributed by atoms with Crippen molar-refractivity contribution < 1.29 is 18.0 Å². The lowest BCUT2D eigenvalue weighted by Gasteiger charge is -2.10. The highest BCUT2D eigenvalue weighted by Gasteiger charge is 2.26. The fourth-order valence-electron chi connectivity index (χ4n) is 2.53. The predicted octanol–water partition coefficient (Wildman–Crippen LogP) is 3.29. The molecule has 25 heavy (non-hydrogen) atoms. The van der Waals surface area contributed by atoms with Gasteiger partial charge in [-0.3, -0.25) is 10.1 Å². The van der Waals surface area contributed by atoms with Crippen LogP contribution in [0, 0.1) is 0 Å². The lowest BCUT2D eigenvalue weighted by Crippen LogP contribution is -2.34. The van der Waals surface area contributed by atoms with E-state index in [4.69, 9.17) is 23.2 Å². The Bertz CT molecular complexity index is 969. The first-order valence-electron chi connectivity index (χ1n) is 7.20. The van der Waals surface area contributed by atoms with E-state index in [1.807, 2.05) is 0 Å². The lowest BCUT2D eigenvalue weighted by atomic mass is 10.1. The van der Waals surface area contributed by atoms with E-state index < -0.39 is 21.8 Å². The Balaban J connectivity index is 1.75. The Morgan fingerprint density at radius 3 is 2.40 bits per heavy atom. The van der Waals surface area contributed by atoms with Crippen LogP contribution in [0.2, 0.25) is 10.0 Å². The van der Waals surface area contributed by atoms with Gasteiger partial charge in [0.2, 0.25) is 0 Å². The number of carbonyl (C=O) groups excluding carboxylic acids is 2. The van der Waals surface area contributed by atoms with E-state index in [9.17, 15) is 18.0 Å². The van der Waals surface area contributed by atoms with Crippen molar-refractivity contribution in [3.8, 4) is 0 Å². The quantitative estimate of drug-likeness (QED) is 0.811. The Morgan fingerprint density at radius 2 is 1.72 bits per heavy atom. The molecule has 3 rings (SSSR count). The number of fused-ring (bicyclic) bond motifs is 1. The molecule has 3 amide bonds. The van der Waals surface area contributed by atoms with E-state index in [-0.39, 0.29) is 31.9 Å². The van der Waals surface area contributed by atoms with Crippen LogP contribution < -0.4 is 10.6 Å². The number of hydrogen-bond acceptors (Lipinski definition) is 4. The summed E-state index contributed by atoms with van der Waals surface area (Å²) in [5.41, 5.74) is 0.960. The van der Waals surface area contributed by atoms with Gasteiger partial charge in [0.25, 0.3) is 5.91 Å². The molecular weight excluding hydrogens is 387 g/mol. The number of aryl methyl sites for hydroxylation is 1. The first-order chi connectivity index (χ1) is 11.8. The number of hydrogen-bond donors (Lipinski definition) is 2. The summed E-state index contributed by atoms with van der Waals surface area (Å²) < 4.78 is 23.8. The molecule has 0 radical (unpaired) electrons. The number of sulfone groups is 1. The number of urea groups is 1. The highest BCUT2D eigenvalue weighted by Crippen LogP contribution is 2.28. The first kappa shape index (κ1) is 17.7. The summed E-state index contributed by atoms with van der Waals surface area (Å²) in [6.45, 7) is 0. The molecule has 1 aliphatic rings. The van der Waals surface area contributed by atoms with E-state index >= 15 is 0 Å². The fraction of sp³-hybridized carbons (Fsp3) is 0.125. The minimum absolute atomic E-state index is 0.0162. The molecule has 2 N–H and O–H groups in total. The van der Waals surface area contributed by atoms with Crippen molar-refractivity contribution >= 4 is 50.7 Å². The fourth-order valence-corrected chi connectivity index (χ4v) is 4.68. The topological polar surface area (TPSA) is 92.3 Å². The summed E-state index contributed by atoms with van der Waals surface area (Å²) in [7, 11) is -3.31. The van der Waals surface area contributed by atoms with Crippen molar-refractivity contribution in [3.63, 3.8) is 0 Å². The molecule has 2 aromatic carbocycles. The number of imide groups is 1. The molecule has 0 bridgehead atoms. The molecule has 6 nitrogen and oxygen atoms in total. The third-order valence-electron chi connectivity index (χ3n) is 3.72. The number of anilines is 1. The molecular formula is C16H12Cl2N2O4S. The largest absolute Gasteiger partial charge is 0.326 e. The van der Waals surface area contributed by atoms with Crippen LogP contribution in [0.1, 0.15) is 15.9 Å². The van der Waals surface area contributed by atoms with Gasteiger partial charge < -0.3 is 5.32 Å². The average molecular weight is 399 g/mol. The SMILES string of the molecule is O=C(NC(=O)c1c(Cl)cccc1Cl)Nc1ccc2c(c1)S(=O)(=O)CC2. The monoisotopic (exact) mass is 398 g/mol. The van der Waals surface area contributed by atoms with Gasteiger partial charge in [-0.2, -0.15) is 0 Å². The number of nitrogens with one attached hydrogen (secondary N) is 2. The van der Waals surface area contributed by atoms with Crippen molar-refractivity contribution in [2.45, 2.75) is 11.3 Å². The van der Waals surface area contributed by atoms with Crippen LogP contribution in [0.15, 0.2) is 41.3 Å². The molecule has 0 fully saturated rings. The van der Waals surface area contributed by atoms with Gasteiger partial charge in [0.15, 0.2) is 9.84 Å². The zero-order valence-electron chi connectivity index (χ0n) is 12.7. The van der Waals surface area contributed by atoms with Gasteiger partial charge in [0.05, 0.1) is 26.3 Å². The Kier molecular flexibility index (Phi) is 4.73. The molecule has 1 aliphatic heterocycles. The zero-order chi connectivity index (χ0) is 18.2. The number of amides is 3. The average Bonchev–Trinajstić information content (AvgIpc) is 2.82. The molecule has 2 aromatic rings. The van der Waals surface area contributed by atoms with Gasteiger partial charge in [-0.1, -0.05) is 35.3 Å². The summed E-state index contributed by atoms with van der Waals surface area (Å²) in [6, 6.07) is 8.30. The standard InChI is InChI=1S/C16H12Cl2N2O4S/c17-11-2-1-3-12(18)14(11)15(21)20-16(22)19-10-5-4-9-6-7-25(23,24)13(9)8-10/h1-5,8H,6-7H2,(H2,19,20,21,22). The second-order valence-electron chi connectivity index (χ2n) is 5.40. The van der Waals surface area contributed by atoms with Crippen LogP contribution >= 0.6 is 23.2 Å². The van der Waals surface area contributed by atoms with Crippen molar-refractivity contribution in [2.75, 3.05) is 11.1 Å². The lowest BCUT2D eigenvalue weighted by molar-refractivity contribution is 0.0967. The molecule has 0 aliphatic carbocycles. The second kappa shape index (κ2) is 6.67. The van der Waals surface area contributed by atoms with E-state index in [0.717, 1.165) is 0 Å². The Morgan fingerprint density at radius 1 is 1.04 bits per heavy atom. The zero-order valence-corrected chi connectivity index (χ0v) is 15.0. The number of benzene rings is 2. The molecule has 0 atom stereocenters. The van der Waals surface area contributed by atoms with Crippen molar-refractivity contribution in [1.29, 1.82) is 0 Å². The van der Waals surface area contributed by atoms with Gasteiger partial charge in [0.1, 0.15) is 0 Å². The normalized spacial score (nSPS) is 14.6. The summed E-state index contributed by atoms with van der Waals surface area (Å²) in [6.07, 6.45) is 0.452. The van der Waals surface area contributed by atoms with Gasteiger partial charge in [-0.05, 0) is 36.2 Å². The summed E-state index contributed by atoms with van der Waals surface area (Å²) in [5, 5.41) is 4.76. The molecule has 1 heterocycles. The summed E-state index contributed by atoms with van der Waals surface area (Å²) in [4.78, 5) is 24.3. The van der Waals surface area contributed by atoms with E-state index in [1.165, 1.54) is 18.2 Å². The molecule has 0 spiro atoms. The van der Waals surface area contributed by atoms with Crippen molar-refractivity contribution in [1.82, 2.24) is 5.32 Å². The highest BCUT2D eigenvalue weighted by molar-refractivity contribution is 7.91. The first-order valence-corrected chi connectivity index (χ1v) is 9.61. The molecule has 130 valence electrons. The van der Waals surface area contributed by atoms with E-state index in [0.29, 0.717) is 12.0 Å². The van der Waals surface area contributed by atoms with Crippen LogP contribution in [0.3, 0.4) is 0 Å². The minimum Gasteiger partial charge on any atom is -0.308 e. The maximum atomic E-state index is 12.1.